The molecule has 1 saturated heterocycles. The van der Waals surface area contributed by atoms with Gasteiger partial charge in [-0.3, -0.25) is 4.79 Å². The average Bonchev–Trinajstić information content (AvgIpc) is 2.76. The van der Waals surface area contributed by atoms with Gasteiger partial charge in [-0.25, -0.2) is 9.78 Å². The van der Waals surface area contributed by atoms with Crippen LogP contribution in [0.15, 0.2) is 36.5 Å². The highest BCUT2D eigenvalue weighted by Gasteiger charge is 2.28. The Morgan fingerprint density at radius 1 is 1.12 bits per heavy atom. The van der Waals surface area contributed by atoms with Gasteiger partial charge in [0.2, 0.25) is 0 Å². The van der Waals surface area contributed by atoms with Gasteiger partial charge in [0, 0.05) is 50.7 Å². The zero-order chi connectivity index (χ0) is 23.3. The molecule has 1 aliphatic rings. The number of benzene rings is 1. The third-order valence-corrected chi connectivity index (χ3v) is 4.88. The normalized spacial score (nSPS) is 14.1. The Balaban J connectivity index is 1.63. The van der Waals surface area contributed by atoms with E-state index in [1.165, 1.54) is 0 Å². The molecule has 2 amide bonds. The van der Waals surface area contributed by atoms with Crippen LogP contribution in [0.3, 0.4) is 0 Å². The molecule has 0 atom stereocenters. The standard InChI is InChI=1S/C23H31N5O4/c1-23(2,3)32-22(30)28-10-8-27(9-11-28)21(29)17-12-16(13-18(24)14-17)15-31-19-6-5-7-26-20(19)25-4/h5-7,12-14H,8-11,15,24H2,1-4H3,(H,25,26). The maximum Gasteiger partial charge on any atom is 0.410 e. The zero-order valence-electron chi connectivity index (χ0n) is 19.1. The van der Waals surface area contributed by atoms with E-state index in [0.29, 0.717) is 49.0 Å². The molecule has 0 bridgehead atoms. The monoisotopic (exact) mass is 441 g/mol. The molecule has 3 rings (SSSR count). The van der Waals surface area contributed by atoms with E-state index in [9.17, 15) is 9.59 Å². The first-order chi connectivity index (χ1) is 15.2. The molecule has 9 nitrogen and oxygen atoms in total. The van der Waals surface area contributed by atoms with Crippen LogP contribution < -0.4 is 15.8 Å². The van der Waals surface area contributed by atoms with E-state index in [2.05, 4.69) is 10.3 Å². The van der Waals surface area contributed by atoms with E-state index in [0.717, 1.165) is 5.56 Å². The number of nitrogens with zero attached hydrogens (tertiary/aromatic N) is 3. The minimum Gasteiger partial charge on any atom is -0.485 e. The Morgan fingerprint density at radius 2 is 1.81 bits per heavy atom. The van der Waals surface area contributed by atoms with Gasteiger partial charge in [0.1, 0.15) is 12.2 Å². The summed E-state index contributed by atoms with van der Waals surface area (Å²) in [5.41, 5.74) is 7.27. The first-order valence-corrected chi connectivity index (χ1v) is 10.6. The Labute approximate surface area is 188 Å². The Bertz CT molecular complexity index is 965. The van der Waals surface area contributed by atoms with Crippen LogP contribution in [0.4, 0.5) is 16.3 Å². The van der Waals surface area contributed by atoms with Crippen LogP contribution in [0.25, 0.3) is 0 Å². The highest BCUT2D eigenvalue weighted by Crippen LogP contribution is 2.23. The van der Waals surface area contributed by atoms with Crippen LogP contribution in [0.1, 0.15) is 36.7 Å². The molecule has 172 valence electrons. The lowest BCUT2D eigenvalue weighted by atomic mass is 10.1. The van der Waals surface area contributed by atoms with Crippen LogP contribution >= 0.6 is 0 Å². The number of anilines is 2. The molecule has 2 heterocycles. The molecule has 3 N–H and O–H groups in total. The number of ether oxygens (including phenoxy) is 2. The molecular weight excluding hydrogens is 410 g/mol. The fourth-order valence-corrected chi connectivity index (χ4v) is 3.38. The van der Waals surface area contributed by atoms with E-state index >= 15 is 0 Å². The first kappa shape index (κ1) is 23.2. The molecule has 9 heteroatoms. The van der Waals surface area contributed by atoms with Crippen molar-refractivity contribution in [3.05, 3.63) is 47.7 Å². The fourth-order valence-electron chi connectivity index (χ4n) is 3.38. The molecule has 32 heavy (non-hydrogen) atoms. The van der Waals surface area contributed by atoms with Crippen molar-refractivity contribution < 1.29 is 19.1 Å². The molecule has 0 radical (unpaired) electrons. The van der Waals surface area contributed by atoms with E-state index in [4.69, 9.17) is 15.2 Å². The highest BCUT2D eigenvalue weighted by molar-refractivity contribution is 5.95. The van der Waals surface area contributed by atoms with Crippen LogP contribution in [-0.2, 0) is 11.3 Å². The quantitative estimate of drug-likeness (QED) is 0.687. The minimum absolute atomic E-state index is 0.125. The van der Waals surface area contributed by atoms with Gasteiger partial charge in [0.25, 0.3) is 5.91 Å². The number of aromatic nitrogens is 1. The molecule has 1 fully saturated rings. The van der Waals surface area contributed by atoms with Gasteiger partial charge >= 0.3 is 6.09 Å². The summed E-state index contributed by atoms with van der Waals surface area (Å²) in [6.07, 6.45) is 1.32. The van der Waals surface area contributed by atoms with Gasteiger partial charge in [0.15, 0.2) is 11.6 Å². The van der Waals surface area contributed by atoms with Crippen molar-refractivity contribution in [1.29, 1.82) is 0 Å². The van der Waals surface area contributed by atoms with Crippen molar-refractivity contribution in [2.24, 2.45) is 0 Å². The van der Waals surface area contributed by atoms with Crippen molar-refractivity contribution >= 4 is 23.5 Å². The summed E-state index contributed by atoms with van der Waals surface area (Å²) in [5.74, 6) is 1.12. The number of nitrogens with one attached hydrogen (secondary N) is 1. The molecule has 0 spiro atoms. The van der Waals surface area contributed by atoms with E-state index < -0.39 is 5.60 Å². The van der Waals surface area contributed by atoms with Crippen LogP contribution in [0, 0.1) is 0 Å². The number of piperazine rings is 1. The average molecular weight is 442 g/mol. The smallest absolute Gasteiger partial charge is 0.410 e. The largest absolute Gasteiger partial charge is 0.485 e. The number of hydrogen-bond donors (Lipinski definition) is 2. The third kappa shape index (κ3) is 6.03. The lowest BCUT2D eigenvalue weighted by Crippen LogP contribution is -2.51. The second kappa shape index (κ2) is 9.76. The van der Waals surface area contributed by atoms with Gasteiger partial charge in [0.05, 0.1) is 0 Å². The molecule has 0 aliphatic carbocycles. The number of carbonyl (C=O) groups is 2. The summed E-state index contributed by atoms with van der Waals surface area (Å²) in [6.45, 7) is 7.45. The topological polar surface area (TPSA) is 110 Å². The number of amides is 2. The summed E-state index contributed by atoms with van der Waals surface area (Å²) in [7, 11) is 1.77. The first-order valence-electron chi connectivity index (χ1n) is 10.6. The number of hydrogen-bond acceptors (Lipinski definition) is 7. The maximum absolute atomic E-state index is 13.1. The Hall–Kier alpha value is -3.49. The summed E-state index contributed by atoms with van der Waals surface area (Å²) in [6, 6.07) is 8.85. The fraction of sp³-hybridized carbons (Fsp3) is 0.435. The Morgan fingerprint density at radius 3 is 2.47 bits per heavy atom. The maximum atomic E-state index is 13.1. The zero-order valence-corrected chi connectivity index (χ0v) is 19.1. The molecule has 1 aromatic heterocycles. The van der Waals surface area contributed by atoms with E-state index in [1.807, 2.05) is 26.8 Å². The number of pyridine rings is 1. The summed E-state index contributed by atoms with van der Waals surface area (Å²) in [5, 5.41) is 2.98. The minimum atomic E-state index is -0.548. The van der Waals surface area contributed by atoms with Gasteiger partial charge in [-0.15, -0.1) is 0 Å². The van der Waals surface area contributed by atoms with Gasteiger partial charge < -0.3 is 30.3 Å². The summed E-state index contributed by atoms with van der Waals surface area (Å²) < 4.78 is 11.3. The van der Waals surface area contributed by atoms with Gasteiger partial charge in [-0.05, 0) is 56.7 Å². The second-order valence-corrected chi connectivity index (χ2v) is 8.61. The van der Waals surface area contributed by atoms with Crippen LogP contribution in [0.2, 0.25) is 0 Å². The van der Waals surface area contributed by atoms with Crippen molar-refractivity contribution in [1.82, 2.24) is 14.8 Å². The van der Waals surface area contributed by atoms with Crippen molar-refractivity contribution in [2.45, 2.75) is 33.0 Å². The number of nitrogens with two attached hydrogens (primary N) is 1. The molecule has 1 aliphatic heterocycles. The lowest BCUT2D eigenvalue weighted by Gasteiger charge is -2.35. The van der Waals surface area contributed by atoms with Crippen LogP contribution in [0.5, 0.6) is 5.75 Å². The van der Waals surface area contributed by atoms with Gasteiger partial charge in [-0.2, -0.15) is 0 Å². The summed E-state index contributed by atoms with van der Waals surface area (Å²) >= 11 is 0. The van der Waals surface area contributed by atoms with E-state index in [1.54, 1.807) is 47.3 Å². The molecule has 2 aromatic rings. The molecule has 0 unspecified atom stereocenters. The SMILES string of the molecule is CNc1ncccc1OCc1cc(N)cc(C(=O)N2CCN(C(=O)OC(C)(C)C)CC2)c1. The van der Waals surface area contributed by atoms with Crippen LogP contribution in [-0.4, -0.2) is 65.6 Å². The predicted molar refractivity (Wildman–Crippen MR) is 123 cm³/mol. The van der Waals surface area contributed by atoms with Crippen molar-refractivity contribution in [3.63, 3.8) is 0 Å². The predicted octanol–water partition coefficient (Wildman–Crippen LogP) is 2.98. The van der Waals surface area contributed by atoms with Gasteiger partial charge in [-0.1, -0.05) is 0 Å². The number of carbonyl (C=O) groups excluding carboxylic acids is 2. The number of rotatable bonds is 5. The van der Waals surface area contributed by atoms with E-state index in [-0.39, 0.29) is 18.6 Å². The molecule has 0 saturated carbocycles. The van der Waals surface area contributed by atoms with Crippen molar-refractivity contribution in [2.75, 3.05) is 44.3 Å². The highest BCUT2D eigenvalue weighted by atomic mass is 16.6. The number of nitrogen functional groups attached to an aromatic ring is 1. The lowest BCUT2D eigenvalue weighted by molar-refractivity contribution is 0.0141. The van der Waals surface area contributed by atoms with Crippen molar-refractivity contribution in [3.8, 4) is 5.75 Å². The summed E-state index contributed by atoms with van der Waals surface area (Å²) in [4.78, 5) is 32.9. The molecule has 1 aromatic carbocycles. The third-order valence-electron chi connectivity index (χ3n) is 4.88. The second-order valence-electron chi connectivity index (χ2n) is 8.61. The Kier molecular flexibility index (Phi) is 7.07. The molecular formula is C23H31N5O4.